The Kier molecular flexibility index (Phi) is 4.24. The normalized spacial score (nSPS) is 26.5. The van der Waals surface area contributed by atoms with Gasteiger partial charge in [-0.1, -0.05) is 12.1 Å². The zero-order valence-electron chi connectivity index (χ0n) is 12.6. The quantitative estimate of drug-likeness (QED) is 0.854. The maximum atomic E-state index is 13.2. The minimum Gasteiger partial charge on any atom is -0.338 e. The zero-order valence-corrected chi connectivity index (χ0v) is 12.6. The van der Waals surface area contributed by atoms with Gasteiger partial charge in [0.2, 0.25) is 5.91 Å². The predicted octanol–water partition coefficient (Wildman–Crippen LogP) is 2.45. The Balaban J connectivity index is 1.68. The molecule has 1 amide bonds. The van der Waals surface area contributed by atoms with Gasteiger partial charge in [0.1, 0.15) is 5.82 Å². The van der Waals surface area contributed by atoms with Crippen LogP contribution in [0.4, 0.5) is 4.39 Å². The van der Waals surface area contributed by atoms with Gasteiger partial charge < -0.3 is 9.80 Å². The number of rotatable bonds is 3. The first-order valence-electron chi connectivity index (χ1n) is 7.89. The molecule has 0 unspecified atom stereocenters. The van der Waals surface area contributed by atoms with Crippen LogP contribution in [0.3, 0.4) is 0 Å². The monoisotopic (exact) mass is 290 g/mol. The van der Waals surface area contributed by atoms with Crippen molar-refractivity contribution in [3.8, 4) is 0 Å². The van der Waals surface area contributed by atoms with Crippen LogP contribution < -0.4 is 0 Å². The summed E-state index contributed by atoms with van der Waals surface area (Å²) in [5, 5.41) is 0. The summed E-state index contributed by atoms with van der Waals surface area (Å²) in [5.74, 6) is -0.128. The minimum atomic E-state index is -0.270. The molecule has 0 N–H and O–H groups in total. The van der Waals surface area contributed by atoms with Crippen molar-refractivity contribution >= 4 is 5.91 Å². The van der Waals surface area contributed by atoms with E-state index in [0.717, 1.165) is 31.5 Å². The van der Waals surface area contributed by atoms with E-state index in [-0.39, 0.29) is 11.7 Å². The van der Waals surface area contributed by atoms with Crippen molar-refractivity contribution in [3.05, 3.63) is 35.6 Å². The number of halogens is 1. The molecule has 2 fully saturated rings. The molecule has 2 aliphatic rings. The lowest BCUT2D eigenvalue weighted by Crippen LogP contribution is -2.47. The second-order valence-corrected chi connectivity index (χ2v) is 6.29. The van der Waals surface area contributed by atoms with E-state index in [1.54, 1.807) is 6.07 Å². The Morgan fingerprint density at radius 1 is 1.24 bits per heavy atom. The van der Waals surface area contributed by atoms with Gasteiger partial charge in [-0.05, 0) is 57.0 Å². The fraction of sp³-hybridized carbons (Fsp3) is 0.588. The first kappa shape index (κ1) is 14.5. The van der Waals surface area contributed by atoms with E-state index in [0.29, 0.717) is 18.5 Å². The molecule has 0 radical (unpaired) electrons. The van der Waals surface area contributed by atoms with Gasteiger partial charge in [0.25, 0.3) is 0 Å². The van der Waals surface area contributed by atoms with E-state index >= 15 is 0 Å². The number of likely N-dealkylation sites (tertiary alicyclic amines) is 2. The van der Waals surface area contributed by atoms with Gasteiger partial charge in [-0.2, -0.15) is 0 Å². The highest BCUT2D eigenvalue weighted by atomic mass is 19.1. The van der Waals surface area contributed by atoms with Gasteiger partial charge in [-0.25, -0.2) is 4.39 Å². The fourth-order valence-corrected chi connectivity index (χ4v) is 3.85. The van der Waals surface area contributed by atoms with E-state index in [2.05, 4.69) is 11.9 Å². The van der Waals surface area contributed by atoms with Crippen molar-refractivity contribution in [1.29, 1.82) is 0 Å². The number of hydrogen-bond acceptors (Lipinski definition) is 2. The number of benzene rings is 1. The Morgan fingerprint density at radius 2 is 2.00 bits per heavy atom. The van der Waals surface area contributed by atoms with E-state index in [9.17, 15) is 9.18 Å². The van der Waals surface area contributed by atoms with Gasteiger partial charge in [0.05, 0.1) is 6.42 Å². The highest BCUT2D eigenvalue weighted by molar-refractivity contribution is 5.79. The van der Waals surface area contributed by atoms with E-state index in [1.807, 2.05) is 11.0 Å². The summed E-state index contributed by atoms with van der Waals surface area (Å²) in [6.45, 7) is 1.98. The van der Waals surface area contributed by atoms with Crippen LogP contribution in [0.2, 0.25) is 0 Å². The Morgan fingerprint density at radius 3 is 2.71 bits per heavy atom. The molecule has 21 heavy (non-hydrogen) atoms. The van der Waals surface area contributed by atoms with E-state index in [1.165, 1.54) is 25.0 Å². The summed E-state index contributed by atoms with van der Waals surface area (Å²) < 4.78 is 13.2. The van der Waals surface area contributed by atoms with Gasteiger partial charge in [-0.15, -0.1) is 0 Å². The number of amides is 1. The molecule has 2 atom stereocenters. The molecule has 114 valence electrons. The third kappa shape index (κ3) is 3.10. The summed E-state index contributed by atoms with van der Waals surface area (Å²) in [6, 6.07) is 7.23. The first-order valence-corrected chi connectivity index (χ1v) is 7.89. The highest BCUT2D eigenvalue weighted by Crippen LogP contribution is 2.29. The molecule has 3 rings (SSSR count). The van der Waals surface area contributed by atoms with Crippen LogP contribution in [0.25, 0.3) is 0 Å². The second kappa shape index (κ2) is 6.14. The summed E-state index contributed by atoms with van der Waals surface area (Å²) >= 11 is 0. The number of likely N-dealkylation sites (N-methyl/N-ethyl adjacent to an activating group) is 1. The molecule has 3 nitrogen and oxygen atoms in total. The van der Waals surface area contributed by atoms with Gasteiger partial charge in [0.15, 0.2) is 0 Å². The standard InChI is InChI=1S/C17H23FN2O/c1-19-9-3-7-15(19)16-8-4-10-20(16)17(21)12-13-5-2-6-14(18)11-13/h2,5-6,11,15-16H,3-4,7-10,12H2,1H3/t15-,16-/m1/s1. The molecule has 2 heterocycles. The molecule has 0 spiro atoms. The molecule has 1 aromatic carbocycles. The van der Waals surface area contributed by atoms with Crippen LogP contribution in [-0.2, 0) is 11.2 Å². The van der Waals surface area contributed by atoms with Crippen LogP contribution in [0, 0.1) is 5.82 Å². The van der Waals surface area contributed by atoms with Crippen molar-refractivity contribution in [2.75, 3.05) is 20.1 Å². The summed E-state index contributed by atoms with van der Waals surface area (Å²) in [4.78, 5) is 17.0. The lowest BCUT2D eigenvalue weighted by Gasteiger charge is -2.33. The smallest absolute Gasteiger partial charge is 0.227 e. The molecule has 4 heteroatoms. The SMILES string of the molecule is CN1CCC[C@@H]1[C@H]1CCCN1C(=O)Cc1cccc(F)c1. The number of carbonyl (C=O) groups excluding carboxylic acids is 1. The van der Waals surface area contributed by atoms with Crippen molar-refractivity contribution in [1.82, 2.24) is 9.80 Å². The third-order valence-electron chi connectivity index (χ3n) is 4.88. The molecule has 0 aliphatic carbocycles. The maximum absolute atomic E-state index is 13.2. The van der Waals surface area contributed by atoms with Crippen molar-refractivity contribution < 1.29 is 9.18 Å². The maximum Gasteiger partial charge on any atom is 0.227 e. The molecule has 1 aromatic rings. The topological polar surface area (TPSA) is 23.6 Å². The van der Waals surface area contributed by atoms with Crippen molar-refractivity contribution in [2.24, 2.45) is 0 Å². The van der Waals surface area contributed by atoms with Gasteiger partial charge >= 0.3 is 0 Å². The van der Waals surface area contributed by atoms with Gasteiger partial charge in [-0.3, -0.25) is 4.79 Å². The lowest BCUT2D eigenvalue weighted by molar-refractivity contribution is -0.132. The number of hydrogen-bond donors (Lipinski definition) is 0. The molecule has 0 aromatic heterocycles. The zero-order chi connectivity index (χ0) is 14.8. The summed E-state index contributed by atoms with van der Waals surface area (Å²) in [5.41, 5.74) is 0.769. The number of nitrogens with zero attached hydrogens (tertiary/aromatic N) is 2. The lowest BCUT2D eigenvalue weighted by atomic mass is 10.0. The van der Waals surface area contributed by atoms with Crippen LogP contribution in [0.15, 0.2) is 24.3 Å². The molecule has 2 aliphatic heterocycles. The summed E-state index contributed by atoms with van der Waals surface area (Å²) in [6.07, 6.45) is 4.91. The fourth-order valence-electron chi connectivity index (χ4n) is 3.85. The van der Waals surface area contributed by atoms with Gasteiger partial charge in [0, 0.05) is 18.6 Å². The van der Waals surface area contributed by atoms with Crippen LogP contribution in [0.1, 0.15) is 31.2 Å². The van der Waals surface area contributed by atoms with Crippen LogP contribution >= 0.6 is 0 Å². The van der Waals surface area contributed by atoms with Crippen LogP contribution in [-0.4, -0.2) is 47.9 Å². The van der Waals surface area contributed by atoms with Crippen molar-refractivity contribution in [2.45, 2.75) is 44.2 Å². The molecule has 0 bridgehead atoms. The Labute approximate surface area is 125 Å². The minimum absolute atomic E-state index is 0.142. The van der Waals surface area contributed by atoms with E-state index < -0.39 is 0 Å². The average molecular weight is 290 g/mol. The predicted molar refractivity (Wildman–Crippen MR) is 80.5 cm³/mol. The second-order valence-electron chi connectivity index (χ2n) is 6.29. The molecule has 2 saturated heterocycles. The Bertz CT molecular complexity index is 519. The van der Waals surface area contributed by atoms with E-state index in [4.69, 9.17) is 0 Å². The highest BCUT2D eigenvalue weighted by Gasteiger charge is 2.38. The van der Waals surface area contributed by atoms with Crippen molar-refractivity contribution in [3.63, 3.8) is 0 Å². The first-order chi connectivity index (χ1) is 10.1. The molecular formula is C17H23FN2O. The molecule has 0 saturated carbocycles. The summed E-state index contributed by atoms with van der Waals surface area (Å²) in [7, 11) is 2.16. The van der Waals surface area contributed by atoms with Crippen LogP contribution in [0.5, 0.6) is 0 Å². The third-order valence-corrected chi connectivity index (χ3v) is 4.88. The molecular weight excluding hydrogens is 267 g/mol. The number of carbonyl (C=O) groups is 1. The Hall–Kier alpha value is -1.42. The average Bonchev–Trinajstić information content (AvgIpc) is 3.06. The largest absolute Gasteiger partial charge is 0.338 e.